The van der Waals surface area contributed by atoms with Crippen LogP contribution in [0, 0.1) is 13.8 Å². The Morgan fingerprint density at radius 1 is 0.714 bits per heavy atom. The van der Waals surface area contributed by atoms with E-state index in [4.69, 9.17) is 0 Å². The molecular formula is C33H45HfSi. The van der Waals surface area contributed by atoms with Crippen molar-refractivity contribution >= 4 is 27.8 Å². The molecule has 0 nitrogen and oxygen atoms in total. The number of hydrogen-bond donors (Lipinski definition) is 0. The van der Waals surface area contributed by atoms with Gasteiger partial charge in [-0.05, 0) is 10.8 Å². The van der Waals surface area contributed by atoms with Crippen molar-refractivity contribution in [1.29, 1.82) is 0 Å². The molecule has 0 fully saturated rings. The maximum Gasteiger partial charge on any atom is -0.0220 e. The van der Waals surface area contributed by atoms with Gasteiger partial charge in [0.15, 0.2) is 0 Å². The van der Waals surface area contributed by atoms with Crippen LogP contribution < -0.4 is 0 Å². The summed E-state index contributed by atoms with van der Waals surface area (Å²) in [5.74, 6) is 0. The van der Waals surface area contributed by atoms with Crippen LogP contribution in [0.4, 0.5) is 0 Å². The first-order chi connectivity index (χ1) is 16.4. The Balaban J connectivity index is 0.000000197. The topological polar surface area (TPSA) is 0 Å². The van der Waals surface area contributed by atoms with Gasteiger partial charge in [-0.3, -0.25) is 0 Å². The quantitative estimate of drug-likeness (QED) is 0.117. The minimum absolute atomic E-state index is 0.236. The molecule has 0 saturated carbocycles. The number of aryl methyl sites for hydroxylation is 2. The normalized spacial score (nSPS) is 11.6. The second-order valence-corrected chi connectivity index (χ2v) is 16.5. The van der Waals surface area contributed by atoms with Gasteiger partial charge >= 0.3 is 61.4 Å². The molecule has 35 heavy (non-hydrogen) atoms. The summed E-state index contributed by atoms with van der Waals surface area (Å²) in [6.45, 7) is 20.2. The Morgan fingerprint density at radius 2 is 1.14 bits per heavy atom. The van der Waals surface area contributed by atoms with Crippen molar-refractivity contribution in [1.82, 2.24) is 0 Å². The summed E-state index contributed by atoms with van der Waals surface area (Å²) in [7, 11) is 0. The predicted octanol–water partition coefficient (Wildman–Crippen LogP) is 10.1. The Labute approximate surface area is 231 Å². The van der Waals surface area contributed by atoms with Crippen LogP contribution in [0.3, 0.4) is 0 Å². The zero-order valence-electron chi connectivity index (χ0n) is 23.6. The van der Waals surface area contributed by atoms with Crippen molar-refractivity contribution in [2.24, 2.45) is 0 Å². The van der Waals surface area contributed by atoms with Crippen LogP contribution >= 0.6 is 0 Å². The fraction of sp³-hybridized carbons (Fsp3) is 0.455. The SMILES string of the molecule is CCCCC[Si]=[Hf+2].Cc1cc2c(C(C)(C)C)cccc2[cH-]1.Cc1cc2c(C(C)(C)C)cccc2[cH-]1. The Morgan fingerprint density at radius 3 is 1.49 bits per heavy atom. The van der Waals surface area contributed by atoms with Gasteiger partial charge in [0.05, 0.1) is 0 Å². The third kappa shape index (κ3) is 8.97. The molecule has 4 rings (SSSR count). The summed E-state index contributed by atoms with van der Waals surface area (Å²) < 4.78 is 0. The van der Waals surface area contributed by atoms with Crippen molar-refractivity contribution < 1.29 is 23.0 Å². The van der Waals surface area contributed by atoms with Crippen LogP contribution in [0.1, 0.15) is 90.0 Å². The maximum absolute atomic E-state index is 2.29. The minimum atomic E-state index is 0.236. The van der Waals surface area contributed by atoms with Gasteiger partial charge in [-0.1, -0.05) is 78.6 Å². The van der Waals surface area contributed by atoms with Crippen molar-refractivity contribution in [2.45, 2.75) is 98.5 Å². The first-order valence-corrected chi connectivity index (χ1v) is 19.7. The number of fused-ring (bicyclic) bond motifs is 2. The fourth-order valence-corrected chi connectivity index (χ4v) is 6.87. The average Bonchev–Trinajstić information content (AvgIpc) is 3.33. The summed E-state index contributed by atoms with van der Waals surface area (Å²) in [5, 5.41) is 5.57. The standard InChI is InChI=1S/2C14H17.C5H11Si.Hf/c2*1-10-8-11-6-5-7-13(12(11)9-10)14(2,3)4;1-2-3-4-5-6;/h2*5-9H,1-4H3;2-5H2,1H3;/q2*-1;;+2. The van der Waals surface area contributed by atoms with Crippen molar-refractivity contribution in [2.75, 3.05) is 0 Å². The Hall–Kier alpha value is -1.25. The summed E-state index contributed by atoms with van der Waals surface area (Å²) in [6, 6.07) is 23.8. The zero-order valence-corrected chi connectivity index (χ0v) is 28.2. The maximum atomic E-state index is 2.29. The number of rotatable bonds is 4. The number of hydrogen-bond acceptors (Lipinski definition) is 0. The second kappa shape index (κ2) is 13.3. The predicted molar refractivity (Wildman–Crippen MR) is 156 cm³/mol. The van der Waals surface area contributed by atoms with Gasteiger partial charge in [0, 0.05) is 0 Å². The molecule has 0 aliphatic carbocycles. The van der Waals surface area contributed by atoms with Crippen LogP contribution in [0.2, 0.25) is 6.04 Å². The van der Waals surface area contributed by atoms with E-state index in [0.717, 1.165) is 0 Å². The third-order valence-electron chi connectivity index (χ3n) is 6.31. The molecule has 0 amide bonds. The van der Waals surface area contributed by atoms with Gasteiger partial charge in [0.25, 0.3) is 0 Å². The number of benzene rings is 2. The Bertz CT molecular complexity index is 1120. The number of unbranched alkanes of at least 4 members (excludes halogenated alkanes) is 2. The first kappa shape index (κ1) is 30.0. The summed E-state index contributed by atoms with van der Waals surface area (Å²) in [5.41, 5.74) is 6.08. The Kier molecular flexibility index (Phi) is 11.4. The van der Waals surface area contributed by atoms with E-state index in [1.807, 2.05) is 0 Å². The molecule has 4 aromatic carbocycles. The van der Waals surface area contributed by atoms with Gasteiger partial charge in [0.1, 0.15) is 0 Å². The van der Waals surface area contributed by atoms with E-state index in [1.165, 1.54) is 98.3 Å². The van der Waals surface area contributed by atoms with E-state index in [9.17, 15) is 0 Å². The molecular weight excluding hydrogens is 603 g/mol. The second-order valence-electron chi connectivity index (χ2n) is 11.8. The molecule has 0 bridgehead atoms. The largest absolute Gasteiger partial charge is 0.165 e. The molecule has 0 atom stereocenters. The van der Waals surface area contributed by atoms with Crippen LogP contribution in [-0.4, -0.2) is 6.22 Å². The molecule has 2 heteroatoms. The summed E-state index contributed by atoms with van der Waals surface area (Å²) in [6.07, 6.45) is 5.63. The van der Waals surface area contributed by atoms with Crippen molar-refractivity contribution in [3.05, 3.63) is 82.9 Å². The molecule has 0 spiro atoms. The van der Waals surface area contributed by atoms with Crippen LogP contribution in [0.5, 0.6) is 0 Å². The van der Waals surface area contributed by atoms with Crippen molar-refractivity contribution in [3.8, 4) is 0 Å². The van der Waals surface area contributed by atoms with E-state index in [1.54, 1.807) is 0 Å². The van der Waals surface area contributed by atoms with Gasteiger partial charge < -0.3 is 0 Å². The third-order valence-corrected chi connectivity index (χ3v) is 9.61. The van der Waals surface area contributed by atoms with Crippen LogP contribution in [-0.2, 0) is 33.8 Å². The minimum Gasteiger partial charge on any atom is -0.165 e. The van der Waals surface area contributed by atoms with Gasteiger partial charge in [-0.25, -0.2) is 0 Å². The molecule has 0 unspecified atom stereocenters. The molecule has 185 valence electrons. The molecule has 0 aliphatic rings. The molecule has 0 N–H and O–H groups in total. The van der Waals surface area contributed by atoms with Gasteiger partial charge in [-0.2, -0.15) is 12.1 Å². The van der Waals surface area contributed by atoms with Gasteiger partial charge in [-0.15, -0.1) is 69.1 Å². The molecule has 0 heterocycles. The van der Waals surface area contributed by atoms with E-state index >= 15 is 0 Å². The first-order valence-electron chi connectivity index (χ1n) is 13.1. The van der Waals surface area contributed by atoms with E-state index < -0.39 is 0 Å². The molecule has 0 aliphatic heterocycles. The van der Waals surface area contributed by atoms with E-state index in [-0.39, 0.29) is 10.8 Å². The molecule has 4 aromatic rings. The average molecular weight is 648 g/mol. The smallest absolute Gasteiger partial charge is 0.0220 e. The van der Waals surface area contributed by atoms with E-state index in [2.05, 4.69) is 123 Å². The van der Waals surface area contributed by atoms with Crippen LogP contribution in [0.15, 0.2) is 60.7 Å². The summed E-state index contributed by atoms with van der Waals surface area (Å²) in [4.78, 5) is 0. The van der Waals surface area contributed by atoms with E-state index in [0.29, 0.717) is 0 Å². The monoisotopic (exact) mass is 649 g/mol. The molecule has 0 aromatic heterocycles. The molecule has 0 saturated heterocycles. The van der Waals surface area contributed by atoms with Crippen LogP contribution in [0.25, 0.3) is 21.5 Å². The molecule has 1 radical (unpaired) electrons. The fourth-order valence-electron chi connectivity index (χ4n) is 4.54. The zero-order chi connectivity index (χ0) is 26.2. The van der Waals surface area contributed by atoms with Crippen molar-refractivity contribution in [3.63, 3.8) is 0 Å². The summed E-state index contributed by atoms with van der Waals surface area (Å²) >= 11 is 1.43. The van der Waals surface area contributed by atoms with Gasteiger partial charge in [0.2, 0.25) is 0 Å².